The molecule has 2 aliphatic rings. The second-order valence-electron chi connectivity index (χ2n) is 6.15. The molecule has 1 fully saturated rings. The second kappa shape index (κ2) is 5.43. The molecule has 0 aliphatic carbocycles. The van der Waals surface area contributed by atoms with Gasteiger partial charge in [0.25, 0.3) is 0 Å². The minimum atomic E-state index is -0.354. The molecule has 1 aromatic carbocycles. The predicted molar refractivity (Wildman–Crippen MR) is 92.6 cm³/mol. The third kappa shape index (κ3) is 2.55. The van der Waals surface area contributed by atoms with Gasteiger partial charge in [0.1, 0.15) is 5.75 Å². The minimum absolute atomic E-state index is 0.236. The second-order valence-corrected chi connectivity index (χ2v) is 7.39. The van der Waals surface area contributed by atoms with Crippen molar-refractivity contribution in [1.82, 2.24) is 10.2 Å². The summed E-state index contributed by atoms with van der Waals surface area (Å²) in [7, 11) is 0. The smallest absolute Gasteiger partial charge is 0.184 e. The third-order valence-electron chi connectivity index (χ3n) is 4.35. The minimum Gasteiger partial charge on any atom is -0.467 e. The maximum Gasteiger partial charge on any atom is 0.184 e. The molecule has 3 nitrogen and oxygen atoms in total. The van der Waals surface area contributed by atoms with Crippen LogP contribution in [-0.2, 0) is 0 Å². The number of nitrogens with zero attached hydrogens (tertiary/aromatic N) is 1. The van der Waals surface area contributed by atoms with Crippen LogP contribution in [0.25, 0.3) is 0 Å². The molecule has 0 aromatic heterocycles. The van der Waals surface area contributed by atoms with E-state index in [-0.39, 0.29) is 11.8 Å². The lowest BCUT2D eigenvalue weighted by molar-refractivity contribution is -0.0690. The van der Waals surface area contributed by atoms with Crippen molar-refractivity contribution in [2.45, 2.75) is 51.8 Å². The number of nitrogens with one attached hydrogen (secondary N) is 1. The Bertz CT molecular complexity index is 592. The molecule has 0 saturated carbocycles. The molecule has 2 heterocycles. The van der Waals surface area contributed by atoms with Crippen LogP contribution >= 0.6 is 28.1 Å². The van der Waals surface area contributed by atoms with Crippen molar-refractivity contribution in [2.75, 3.05) is 6.54 Å². The lowest BCUT2D eigenvalue weighted by Crippen LogP contribution is -2.64. The van der Waals surface area contributed by atoms with Crippen molar-refractivity contribution in [2.24, 2.45) is 0 Å². The van der Waals surface area contributed by atoms with Crippen molar-refractivity contribution >= 4 is 33.3 Å². The zero-order valence-corrected chi connectivity index (χ0v) is 15.1. The van der Waals surface area contributed by atoms with Crippen molar-refractivity contribution in [3.8, 4) is 5.75 Å². The summed E-state index contributed by atoms with van der Waals surface area (Å²) in [5.41, 5.74) is 2.08. The van der Waals surface area contributed by atoms with Gasteiger partial charge in [0.2, 0.25) is 0 Å². The molecule has 1 aromatic rings. The topological polar surface area (TPSA) is 24.5 Å². The van der Waals surface area contributed by atoms with Crippen molar-refractivity contribution < 1.29 is 4.74 Å². The molecular weight excluding hydrogens is 348 g/mol. The molecule has 2 aliphatic heterocycles. The Morgan fingerprint density at radius 2 is 2.29 bits per heavy atom. The first-order valence-corrected chi connectivity index (χ1v) is 8.72. The molecule has 0 spiro atoms. The highest BCUT2D eigenvalue weighted by atomic mass is 79.9. The Hall–Kier alpha value is -0.810. The van der Waals surface area contributed by atoms with E-state index in [1.807, 2.05) is 0 Å². The maximum atomic E-state index is 6.41. The Balaban J connectivity index is 2.01. The van der Waals surface area contributed by atoms with Crippen LogP contribution in [-0.4, -0.2) is 22.3 Å². The first-order chi connectivity index (χ1) is 9.94. The van der Waals surface area contributed by atoms with Gasteiger partial charge in [-0.15, -0.1) is 0 Å². The first-order valence-electron chi connectivity index (χ1n) is 7.52. The first kappa shape index (κ1) is 15.1. The summed E-state index contributed by atoms with van der Waals surface area (Å²) in [6.45, 7) is 7.39. The monoisotopic (exact) mass is 368 g/mol. The fourth-order valence-corrected chi connectivity index (χ4v) is 4.36. The van der Waals surface area contributed by atoms with Crippen LogP contribution < -0.4 is 10.1 Å². The fraction of sp³-hybridized carbons (Fsp3) is 0.562. The molecule has 0 amide bonds. The number of hydrogen-bond acceptors (Lipinski definition) is 2. The fourth-order valence-electron chi connectivity index (χ4n) is 3.26. The van der Waals surface area contributed by atoms with Gasteiger partial charge in [-0.2, -0.15) is 0 Å². The van der Waals surface area contributed by atoms with Gasteiger partial charge in [-0.25, -0.2) is 0 Å². The summed E-state index contributed by atoms with van der Waals surface area (Å²) in [4.78, 5) is 2.21. The number of benzene rings is 1. The van der Waals surface area contributed by atoms with Crippen molar-refractivity contribution in [3.05, 3.63) is 27.7 Å². The molecular formula is C16H21BrN2OS. The Labute approximate surface area is 140 Å². The molecule has 1 saturated heterocycles. The molecule has 5 heteroatoms. The van der Waals surface area contributed by atoms with Gasteiger partial charge < -0.3 is 15.0 Å². The zero-order valence-electron chi connectivity index (χ0n) is 12.7. The molecule has 2 bridgehead atoms. The molecule has 3 rings (SSSR count). The molecule has 1 N–H and O–H groups in total. The van der Waals surface area contributed by atoms with Crippen LogP contribution in [0.2, 0.25) is 0 Å². The quantitative estimate of drug-likeness (QED) is 0.804. The van der Waals surface area contributed by atoms with Crippen molar-refractivity contribution in [3.63, 3.8) is 0 Å². The maximum absolute atomic E-state index is 6.41. The van der Waals surface area contributed by atoms with Gasteiger partial charge in [0, 0.05) is 18.5 Å². The number of fused-ring (bicyclic) bond motifs is 4. The highest BCUT2D eigenvalue weighted by Crippen LogP contribution is 2.47. The SMILES string of the molecule is CCCCN1C(=S)NC2CC1(C)Oc1c(Br)cc(C)cc12. The standard InChI is InChI=1S/C16H21BrN2OS/c1-4-5-6-19-15(21)18-13-9-16(19,3)20-14-11(13)7-10(2)8-12(14)17/h7-8,13H,4-6,9H2,1-3H3,(H,18,21). The van der Waals surface area contributed by atoms with E-state index >= 15 is 0 Å². The number of thiocarbonyl (C=S) groups is 1. The molecule has 21 heavy (non-hydrogen) atoms. The summed E-state index contributed by atoms with van der Waals surface area (Å²) in [5, 5.41) is 4.31. The number of hydrogen-bond donors (Lipinski definition) is 1. The number of unbranched alkanes of at least 4 members (excludes halogenated alkanes) is 1. The van der Waals surface area contributed by atoms with E-state index in [4.69, 9.17) is 17.0 Å². The van der Waals surface area contributed by atoms with E-state index in [1.54, 1.807) is 0 Å². The lowest BCUT2D eigenvalue weighted by atomic mass is 9.89. The summed E-state index contributed by atoms with van der Waals surface area (Å²) >= 11 is 9.23. The molecule has 0 radical (unpaired) electrons. The summed E-state index contributed by atoms with van der Waals surface area (Å²) in [6, 6.07) is 4.54. The van der Waals surface area contributed by atoms with Gasteiger partial charge >= 0.3 is 0 Å². The van der Waals surface area contributed by atoms with Gasteiger partial charge in [-0.3, -0.25) is 0 Å². The average Bonchev–Trinajstić information content (AvgIpc) is 2.40. The van der Waals surface area contributed by atoms with Crippen LogP contribution in [0, 0.1) is 6.92 Å². The predicted octanol–water partition coefficient (Wildman–Crippen LogP) is 4.29. The van der Waals surface area contributed by atoms with E-state index in [0.29, 0.717) is 0 Å². The number of rotatable bonds is 3. The average molecular weight is 369 g/mol. The van der Waals surface area contributed by atoms with Gasteiger partial charge in [0.05, 0.1) is 10.5 Å². The van der Waals surface area contributed by atoms with E-state index in [0.717, 1.165) is 41.1 Å². The van der Waals surface area contributed by atoms with E-state index < -0.39 is 0 Å². The summed E-state index contributed by atoms with van der Waals surface area (Å²) in [6.07, 6.45) is 3.19. The van der Waals surface area contributed by atoms with Gasteiger partial charge in [-0.05, 0) is 60.0 Å². The van der Waals surface area contributed by atoms with Crippen LogP contribution in [0.5, 0.6) is 5.75 Å². The Kier molecular flexibility index (Phi) is 3.91. The van der Waals surface area contributed by atoms with E-state index in [1.165, 1.54) is 11.1 Å². The van der Waals surface area contributed by atoms with E-state index in [9.17, 15) is 0 Å². The van der Waals surface area contributed by atoms with Crippen LogP contribution in [0.3, 0.4) is 0 Å². The van der Waals surface area contributed by atoms with Crippen LogP contribution in [0.4, 0.5) is 0 Å². The molecule has 114 valence electrons. The Morgan fingerprint density at radius 1 is 1.52 bits per heavy atom. The molecule has 2 unspecified atom stereocenters. The lowest BCUT2D eigenvalue weighted by Gasteiger charge is -2.52. The largest absolute Gasteiger partial charge is 0.467 e. The molecule has 2 atom stereocenters. The number of ether oxygens (including phenoxy) is 1. The van der Waals surface area contributed by atoms with Crippen LogP contribution in [0.15, 0.2) is 16.6 Å². The zero-order chi connectivity index (χ0) is 15.2. The summed E-state index contributed by atoms with van der Waals surface area (Å²) < 4.78 is 7.43. The number of aryl methyl sites for hydroxylation is 1. The van der Waals surface area contributed by atoms with Gasteiger partial charge in [0.15, 0.2) is 10.8 Å². The van der Waals surface area contributed by atoms with Crippen molar-refractivity contribution in [1.29, 1.82) is 0 Å². The summed E-state index contributed by atoms with van der Waals surface area (Å²) in [5.74, 6) is 0.954. The highest BCUT2D eigenvalue weighted by molar-refractivity contribution is 9.10. The normalized spacial score (nSPS) is 27.0. The van der Waals surface area contributed by atoms with Crippen LogP contribution in [0.1, 0.15) is 50.3 Å². The Morgan fingerprint density at radius 3 is 3.00 bits per heavy atom. The third-order valence-corrected chi connectivity index (χ3v) is 5.27. The van der Waals surface area contributed by atoms with E-state index in [2.05, 4.69) is 59.1 Å². The van der Waals surface area contributed by atoms with Gasteiger partial charge in [-0.1, -0.05) is 19.4 Å². The highest BCUT2D eigenvalue weighted by Gasteiger charge is 2.47. The number of halogens is 1.